The molecular weight excluding hydrogens is 210 g/mol. The fraction of sp³-hybridized carbons (Fsp3) is 0.909. The van der Waals surface area contributed by atoms with Crippen molar-refractivity contribution in [3.63, 3.8) is 0 Å². The molecule has 5 nitrogen and oxygen atoms in total. The predicted octanol–water partition coefficient (Wildman–Crippen LogP) is 0.191. The number of nitrogens with one attached hydrogen (secondary N) is 1. The van der Waals surface area contributed by atoms with Crippen molar-refractivity contribution in [3.05, 3.63) is 0 Å². The van der Waals surface area contributed by atoms with Crippen molar-refractivity contribution in [3.8, 4) is 0 Å². The molecule has 2 unspecified atom stereocenters. The second kappa shape index (κ2) is 7.60. The van der Waals surface area contributed by atoms with Crippen LogP contribution in [-0.2, 0) is 19.0 Å². The zero-order valence-electron chi connectivity index (χ0n) is 10.0. The summed E-state index contributed by atoms with van der Waals surface area (Å²) in [5.41, 5.74) is 0. The second-order valence-corrected chi connectivity index (χ2v) is 3.97. The monoisotopic (exact) mass is 231 g/mol. The van der Waals surface area contributed by atoms with Gasteiger partial charge in [-0.3, -0.25) is 4.79 Å². The summed E-state index contributed by atoms with van der Waals surface area (Å²) in [6.07, 6.45) is 1.26. The van der Waals surface area contributed by atoms with Gasteiger partial charge in [-0.15, -0.1) is 0 Å². The standard InChI is InChI=1S/C11H21NO4/c1-9-10(3-4-16-9)7-12-11(13)8-15-6-5-14-2/h9-10H,3-8H2,1-2H3,(H,12,13). The Balaban J connectivity index is 2.01. The highest BCUT2D eigenvalue weighted by molar-refractivity contribution is 5.77. The SMILES string of the molecule is COCCOCC(=O)NCC1CCOC1C. The average molecular weight is 231 g/mol. The highest BCUT2D eigenvalue weighted by Gasteiger charge is 2.24. The van der Waals surface area contributed by atoms with Gasteiger partial charge in [-0.2, -0.15) is 0 Å². The topological polar surface area (TPSA) is 56.8 Å². The van der Waals surface area contributed by atoms with Gasteiger partial charge in [0.2, 0.25) is 5.91 Å². The van der Waals surface area contributed by atoms with Crippen LogP contribution in [0.4, 0.5) is 0 Å². The van der Waals surface area contributed by atoms with Crippen molar-refractivity contribution in [2.75, 3.05) is 40.1 Å². The van der Waals surface area contributed by atoms with Crippen LogP contribution in [0.25, 0.3) is 0 Å². The van der Waals surface area contributed by atoms with E-state index in [1.54, 1.807) is 7.11 Å². The van der Waals surface area contributed by atoms with E-state index < -0.39 is 0 Å². The minimum atomic E-state index is -0.0739. The molecule has 5 heteroatoms. The van der Waals surface area contributed by atoms with Crippen LogP contribution >= 0.6 is 0 Å². The molecule has 1 heterocycles. The van der Waals surface area contributed by atoms with E-state index in [0.29, 0.717) is 25.7 Å². The summed E-state index contributed by atoms with van der Waals surface area (Å²) in [4.78, 5) is 11.4. The van der Waals surface area contributed by atoms with E-state index in [0.717, 1.165) is 13.0 Å². The molecule has 94 valence electrons. The maximum Gasteiger partial charge on any atom is 0.246 e. The molecule has 0 spiro atoms. The predicted molar refractivity (Wildman–Crippen MR) is 59.2 cm³/mol. The van der Waals surface area contributed by atoms with Gasteiger partial charge in [0.05, 0.1) is 19.3 Å². The Kier molecular flexibility index (Phi) is 6.37. The Morgan fingerprint density at radius 2 is 2.31 bits per heavy atom. The van der Waals surface area contributed by atoms with Crippen LogP contribution in [0.15, 0.2) is 0 Å². The number of hydrogen-bond acceptors (Lipinski definition) is 4. The summed E-state index contributed by atoms with van der Waals surface area (Å²) in [6, 6.07) is 0. The van der Waals surface area contributed by atoms with Crippen molar-refractivity contribution in [1.29, 1.82) is 0 Å². The van der Waals surface area contributed by atoms with E-state index in [2.05, 4.69) is 5.32 Å². The van der Waals surface area contributed by atoms with Crippen LogP contribution in [0.3, 0.4) is 0 Å². The molecule has 1 aliphatic rings. The normalized spacial score (nSPS) is 24.6. The summed E-state index contributed by atoms with van der Waals surface area (Å²) in [5.74, 6) is 0.359. The maximum atomic E-state index is 11.4. The van der Waals surface area contributed by atoms with Gasteiger partial charge < -0.3 is 19.5 Å². The molecule has 0 bridgehead atoms. The number of carbonyl (C=O) groups is 1. The molecule has 0 radical (unpaired) electrons. The van der Waals surface area contributed by atoms with Gasteiger partial charge in [0.25, 0.3) is 0 Å². The number of hydrogen-bond donors (Lipinski definition) is 1. The minimum absolute atomic E-state index is 0.0739. The summed E-state index contributed by atoms with van der Waals surface area (Å²) in [6.45, 7) is 4.58. The van der Waals surface area contributed by atoms with Gasteiger partial charge in [-0.25, -0.2) is 0 Å². The molecule has 1 rings (SSSR count). The van der Waals surface area contributed by atoms with Crippen LogP contribution in [0.1, 0.15) is 13.3 Å². The third-order valence-electron chi connectivity index (χ3n) is 2.76. The van der Waals surface area contributed by atoms with Gasteiger partial charge in [0, 0.05) is 26.2 Å². The number of carbonyl (C=O) groups excluding carboxylic acids is 1. The van der Waals surface area contributed by atoms with Gasteiger partial charge in [0.1, 0.15) is 6.61 Å². The molecule has 2 atom stereocenters. The molecule has 1 N–H and O–H groups in total. The van der Waals surface area contributed by atoms with Gasteiger partial charge >= 0.3 is 0 Å². The molecule has 0 aromatic heterocycles. The first kappa shape index (κ1) is 13.4. The third-order valence-corrected chi connectivity index (χ3v) is 2.76. The first-order valence-corrected chi connectivity index (χ1v) is 5.69. The molecule has 0 saturated carbocycles. The zero-order valence-corrected chi connectivity index (χ0v) is 10.0. The summed E-state index contributed by atoms with van der Waals surface area (Å²) < 4.78 is 15.3. The Morgan fingerprint density at radius 3 is 2.94 bits per heavy atom. The molecule has 1 saturated heterocycles. The minimum Gasteiger partial charge on any atom is -0.382 e. The van der Waals surface area contributed by atoms with E-state index >= 15 is 0 Å². The summed E-state index contributed by atoms with van der Waals surface area (Å²) >= 11 is 0. The molecular formula is C11H21NO4. The van der Waals surface area contributed by atoms with Gasteiger partial charge in [0.15, 0.2) is 0 Å². The van der Waals surface area contributed by atoms with Crippen molar-refractivity contribution in [2.45, 2.75) is 19.4 Å². The molecule has 1 amide bonds. The highest BCUT2D eigenvalue weighted by atomic mass is 16.5. The van der Waals surface area contributed by atoms with Crippen molar-refractivity contribution in [1.82, 2.24) is 5.32 Å². The lowest BCUT2D eigenvalue weighted by atomic mass is 10.0. The number of amides is 1. The Labute approximate surface area is 96.4 Å². The van der Waals surface area contributed by atoms with Crippen LogP contribution in [0.2, 0.25) is 0 Å². The third kappa shape index (κ3) is 4.92. The molecule has 0 aromatic carbocycles. The molecule has 0 aromatic rings. The number of ether oxygens (including phenoxy) is 3. The van der Waals surface area contributed by atoms with Gasteiger partial charge in [-0.05, 0) is 13.3 Å². The Morgan fingerprint density at radius 1 is 1.50 bits per heavy atom. The molecule has 16 heavy (non-hydrogen) atoms. The average Bonchev–Trinajstić information content (AvgIpc) is 2.67. The number of rotatable bonds is 7. The zero-order chi connectivity index (χ0) is 11.8. The first-order chi connectivity index (χ1) is 7.74. The largest absolute Gasteiger partial charge is 0.382 e. The van der Waals surface area contributed by atoms with E-state index in [4.69, 9.17) is 14.2 Å². The first-order valence-electron chi connectivity index (χ1n) is 5.69. The smallest absolute Gasteiger partial charge is 0.246 e. The van der Waals surface area contributed by atoms with Crippen LogP contribution in [0, 0.1) is 5.92 Å². The highest BCUT2D eigenvalue weighted by Crippen LogP contribution is 2.18. The van der Waals surface area contributed by atoms with Gasteiger partial charge in [-0.1, -0.05) is 0 Å². The maximum absolute atomic E-state index is 11.4. The summed E-state index contributed by atoms with van der Waals surface area (Å²) in [7, 11) is 1.60. The quantitative estimate of drug-likeness (QED) is 0.636. The van der Waals surface area contributed by atoms with Crippen LogP contribution < -0.4 is 5.32 Å². The Bertz CT molecular complexity index is 210. The fourth-order valence-corrected chi connectivity index (χ4v) is 1.65. The van der Waals surface area contributed by atoms with Crippen LogP contribution in [-0.4, -0.2) is 52.1 Å². The molecule has 0 aliphatic carbocycles. The molecule has 1 aliphatic heterocycles. The van der Waals surface area contributed by atoms with E-state index in [-0.39, 0.29) is 18.6 Å². The second-order valence-electron chi connectivity index (χ2n) is 3.97. The van der Waals surface area contributed by atoms with Crippen molar-refractivity contribution in [2.24, 2.45) is 5.92 Å². The Hall–Kier alpha value is -0.650. The number of methoxy groups -OCH3 is 1. The lowest BCUT2D eigenvalue weighted by molar-refractivity contribution is -0.126. The van der Waals surface area contributed by atoms with Crippen LogP contribution in [0.5, 0.6) is 0 Å². The fourth-order valence-electron chi connectivity index (χ4n) is 1.65. The van der Waals surface area contributed by atoms with E-state index in [9.17, 15) is 4.79 Å². The van der Waals surface area contributed by atoms with Crippen molar-refractivity contribution < 1.29 is 19.0 Å². The van der Waals surface area contributed by atoms with Crippen molar-refractivity contribution >= 4 is 5.91 Å². The van der Waals surface area contributed by atoms with E-state index in [1.165, 1.54) is 0 Å². The van der Waals surface area contributed by atoms with E-state index in [1.807, 2.05) is 6.92 Å². The lowest BCUT2D eigenvalue weighted by Crippen LogP contribution is -2.34. The molecule has 1 fully saturated rings. The summed E-state index contributed by atoms with van der Waals surface area (Å²) in [5, 5.41) is 2.85. The lowest BCUT2D eigenvalue weighted by Gasteiger charge is -2.14.